The topological polar surface area (TPSA) is 46.3 Å². The average Bonchev–Trinajstić information content (AvgIpc) is 2.38. The normalized spacial score (nSPS) is 10.3. The molecule has 0 aliphatic heterocycles. The summed E-state index contributed by atoms with van der Waals surface area (Å²) in [7, 11) is 1.69. The molecule has 0 bridgehead atoms. The van der Waals surface area contributed by atoms with Gasteiger partial charge in [0.05, 0.1) is 5.56 Å². The summed E-state index contributed by atoms with van der Waals surface area (Å²) in [5.74, 6) is -0.684. The smallest absolute Gasteiger partial charge is 0.255 e. The number of anilines is 1. The Bertz CT molecular complexity index is 646. The van der Waals surface area contributed by atoms with Crippen LogP contribution in [0.3, 0.4) is 0 Å². The van der Waals surface area contributed by atoms with Crippen LogP contribution < -0.4 is 5.73 Å². The third kappa shape index (κ3) is 3.36. The van der Waals surface area contributed by atoms with Crippen LogP contribution in [0.25, 0.3) is 0 Å². The van der Waals surface area contributed by atoms with Gasteiger partial charge in [-0.25, -0.2) is 4.39 Å². The lowest BCUT2D eigenvalue weighted by Crippen LogP contribution is -2.27. The van der Waals surface area contributed by atoms with Crippen LogP contribution in [-0.2, 0) is 6.54 Å². The summed E-state index contributed by atoms with van der Waals surface area (Å²) in [6.07, 6.45) is 0. The van der Waals surface area contributed by atoms with Gasteiger partial charge in [0.1, 0.15) is 5.82 Å². The van der Waals surface area contributed by atoms with Gasteiger partial charge in [0.15, 0.2) is 0 Å². The summed E-state index contributed by atoms with van der Waals surface area (Å²) in [6, 6.07) is 11.5. The number of carbonyl (C=O) groups is 1. The van der Waals surface area contributed by atoms with E-state index in [0.29, 0.717) is 12.1 Å². The molecule has 3 nitrogen and oxygen atoms in total. The molecule has 0 radical (unpaired) electrons. The van der Waals surface area contributed by atoms with Crippen molar-refractivity contribution in [3.8, 4) is 0 Å². The van der Waals surface area contributed by atoms with Gasteiger partial charge in [-0.2, -0.15) is 0 Å². The van der Waals surface area contributed by atoms with Gasteiger partial charge in [-0.3, -0.25) is 4.79 Å². The molecule has 0 saturated carbocycles. The summed E-state index contributed by atoms with van der Waals surface area (Å²) >= 11 is 3.39. The molecular weight excluding hydrogens is 323 g/mol. The lowest BCUT2D eigenvalue weighted by Gasteiger charge is -2.18. The summed E-state index contributed by atoms with van der Waals surface area (Å²) < 4.78 is 13.9. The van der Waals surface area contributed by atoms with Crippen molar-refractivity contribution in [1.82, 2.24) is 4.90 Å². The highest BCUT2D eigenvalue weighted by Crippen LogP contribution is 2.18. The monoisotopic (exact) mass is 336 g/mol. The van der Waals surface area contributed by atoms with Crippen LogP contribution in [-0.4, -0.2) is 17.9 Å². The van der Waals surface area contributed by atoms with E-state index in [9.17, 15) is 9.18 Å². The van der Waals surface area contributed by atoms with Crippen LogP contribution in [0.4, 0.5) is 10.1 Å². The van der Waals surface area contributed by atoms with E-state index in [-0.39, 0.29) is 11.6 Å². The molecule has 0 aliphatic rings. The van der Waals surface area contributed by atoms with Gasteiger partial charge in [0.25, 0.3) is 5.91 Å². The first-order chi connectivity index (χ1) is 9.47. The van der Waals surface area contributed by atoms with E-state index < -0.39 is 5.82 Å². The Balaban J connectivity index is 2.16. The van der Waals surface area contributed by atoms with Crippen molar-refractivity contribution in [3.63, 3.8) is 0 Å². The number of carbonyl (C=O) groups excluding carboxylic acids is 1. The zero-order chi connectivity index (χ0) is 14.7. The molecule has 0 aliphatic carbocycles. The molecule has 0 fully saturated rings. The minimum absolute atomic E-state index is 0.149. The van der Waals surface area contributed by atoms with Gasteiger partial charge in [0.2, 0.25) is 0 Å². The first kappa shape index (κ1) is 14.5. The maximum Gasteiger partial charge on any atom is 0.255 e. The second-order valence-electron chi connectivity index (χ2n) is 4.52. The van der Waals surface area contributed by atoms with Gasteiger partial charge in [0, 0.05) is 23.8 Å². The molecule has 104 valence electrons. The molecule has 2 rings (SSSR count). The summed E-state index contributed by atoms with van der Waals surface area (Å²) in [6.45, 7) is 0.453. The van der Waals surface area contributed by atoms with Gasteiger partial charge in [-0.05, 0) is 35.9 Å². The molecule has 1 amide bonds. The zero-order valence-electron chi connectivity index (χ0n) is 10.9. The lowest BCUT2D eigenvalue weighted by molar-refractivity contribution is 0.0786. The number of nitrogen functional groups attached to an aromatic ring is 1. The third-order valence-electron chi connectivity index (χ3n) is 2.90. The Kier molecular flexibility index (Phi) is 4.39. The Labute approximate surface area is 125 Å². The molecule has 2 aromatic carbocycles. The fourth-order valence-corrected chi connectivity index (χ4v) is 2.36. The van der Waals surface area contributed by atoms with Gasteiger partial charge >= 0.3 is 0 Å². The Hall–Kier alpha value is -1.88. The van der Waals surface area contributed by atoms with Crippen molar-refractivity contribution in [2.45, 2.75) is 6.54 Å². The van der Waals surface area contributed by atoms with Crippen molar-refractivity contribution in [3.05, 3.63) is 63.9 Å². The van der Waals surface area contributed by atoms with E-state index in [1.165, 1.54) is 12.1 Å². The van der Waals surface area contributed by atoms with Crippen LogP contribution in [0.15, 0.2) is 46.9 Å². The number of nitrogens with zero attached hydrogens (tertiary/aromatic N) is 1. The van der Waals surface area contributed by atoms with Crippen molar-refractivity contribution >= 4 is 27.5 Å². The number of amides is 1. The second kappa shape index (κ2) is 6.05. The van der Waals surface area contributed by atoms with Gasteiger partial charge < -0.3 is 10.6 Å². The largest absolute Gasteiger partial charge is 0.398 e. The number of hydrogen-bond acceptors (Lipinski definition) is 2. The first-order valence-corrected chi connectivity index (χ1v) is 6.81. The number of hydrogen-bond donors (Lipinski definition) is 1. The van der Waals surface area contributed by atoms with Gasteiger partial charge in [-0.15, -0.1) is 0 Å². The summed E-state index contributed by atoms with van der Waals surface area (Å²) in [4.78, 5) is 13.8. The SMILES string of the molecule is CN(Cc1cccc(Br)c1)C(=O)c1ccc(F)cc1N. The molecule has 0 atom stereocenters. The van der Waals surface area contributed by atoms with Crippen LogP contribution in [0.2, 0.25) is 0 Å². The Morgan fingerprint density at radius 1 is 1.30 bits per heavy atom. The zero-order valence-corrected chi connectivity index (χ0v) is 12.5. The van der Waals surface area contributed by atoms with Crippen LogP contribution in [0.5, 0.6) is 0 Å². The van der Waals surface area contributed by atoms with Crippen molar-refractivity contribution in [2.75, 3.05) is 12.8 Å². The highest BCUT2D eigenvalue weighted by atomic mass is 79.9. The molecule has 0 spiro atoms. The van der Waals surface area contributed by atoms with E-state index in [2.05, 4.69) is 15.9 Å². The highest BCUT2D eigenvalue weighted by Gasteiger charge is 2.15. The lowest BCUT2D eigenvalue weighted by atomic mass is 10.1. The van der Waals surface area contributed by atoms with Crippen LogP contribution in [0.1, 0.15) is 15.9 Å². The van der Waals surface area contributed by atoms with E-state index in [1.807, 2.05) is 24.3 Å². The quantitative estimate of drug-likeness (QED) is 0.872. The third-order valence-corrected chi connectivity index (χ3v) is 3.39. The van der Waals surface area contributed by atoms with E-state index in [4.69, 9.17) is 5.73 Å². The first-order valence-electron chi connectivity index (χ1n) is 6.02. The van der Waals surface area contributed by atoms with E-state index in [1.54, 1.807) is 11.9 Å². The highest BCUT2D eigenvalue weighted by molar-refractivity contribution is 9.10. The maximum absolute atomic E-state index is 13.0. The summed E-state index contributed by atoms with van der Waals surface area (Å²) in [5, 5.41) is 0. The molecule has 0 heterocycles. The maximum atomic E-state index is 13.0. The standard InChI is InChI=1S/C15H14BrFN2O/c1-19(9-10-3-2-4-11(16)7-10)15(20)13-6-5-12(17)8-14(13)18/h2-8H,9,18H2,1H3. The number of nitrogens with two attached hydrogens (primary N) is 1. The van der Waals surface area contributed by atoms with Crippen LogP contribution in [0, 0.1) is 5.82 Å². The van der Waals surface area contributed by atoms with Crippen molar-refractivity contribution in [1.29, 1.82) is 0 Å². The minimum Gasteiger partial charge on any atom is -0.398 e. The molecule has 20 heavy (non-hydrogen) atoms. The molecule has 0 unspecified atom stereocenters. The summed E-state index contributed by atoms with van der Waals surface area (Å²) in [5.41, 5.74) is 7.14. The average molecular weight is 337 g/mol. The molecule has 2 aromatic rings. The second-order valence-corrected chi connectivity index (χ2v) is 5.44. The molecule has 0 aromatic heterocycles. The number of rotatable bonds is 3. The molecule has 2 N–H and O–H groups in total. The molecule has 0 saturated heterocycles. The fraction of sp³-hybridized carbons (Fsp3) is 0.133. The van der Waals surface area contributed by atoms with Crippen LogP contribution >= 0.6 is 15.9 Å². The minimum atomic E-state index is -0.450. The number of halogens is 2. The molecular formula is C15H14BrFN2O. The molecule has 5 heteroatoms. The van der Waals surface area contributed by atoms with E-state index >= 15 is 0 Å². The predicted molar refractivity (Wildman–Crippen MR) is 80.8 cm³/mol. The van der Waals surface area contributed by atoms with E-state index in [0.717, 1.165) is 16.1 Å². The Morgan fingerprint density at radius 2 is 2.05 bits per heavy atom. The number of benzene rings is 2. The van der Waals surface area contributed by atoms with Crippen molar-refractivity contribution in [2.24, 2.45) is 0 Å². The van der Waals surface area contributed by atoms with Gasteiger partial charge in [-0.1, -0.05) is 28.1 Å². The van der Waals surface area contributed by atoms with Crippen molar-refractivity contribution < 1.29 is 9.18 Å². The fourth-order valence-electron chi connectivity index (χ4n) is 1.91. The Morgan fingerprint density at radius 3 is 2.70 bits per heavy atom. The predicted octanol–water partition coefficient (Wildman–Crippen LogP) is 3.44.